The molecule has 0 aromatic heterocycles. The van der Waals surface area contributed by atoms with E-state index >= 15 is 0 Å². The van der Waals surface area contributed by atoms with Crippen molar-refractivity contribution in [3.05, 3.63) is 35.9 Å². The van der Waals surface area contributed by atoms with E-state index in [-0.39, 0.29) is 0 Å². The van der Waals surface area contributed by atoms with Gasteiger partial charge in [0.1, 0.15) is 0 Å². The van der Waals surface area contributed by atoms with Crippen molar-refractivity contribution in [1.82, 2.24) is 10.2 Å². The standard InChI is InChI=1S/C15H21ClN2/c16-6-7-17-9-15-14-8-13(14)11-18(15)10-12-4-2-1-3-5-12/h1-5,13-15,17H,6-11H2/t13-,14?,15?/m0/s1. The SMILES string of the molecule is ClCCNCC1C2C[C@H]2CN1Cc1ccccc1. The maximum absolute atomic E-state index is 5.72. The van der Waals surface area contributed by atoms with Gasteiger partial charge in [0.05, 0.1) is 0 Å². The molecule has 1 N–H and O–H groups in total. The van der Waals surface area contributed by atoms with E-state index in [9.17, 15) is 0 Å². The molecule has 2 fully saturated rings. The molecular formula is C15H21ClN2. The van der Waals surface area contributed by atoms with Gasteiger partial charge in [0, 0.05) is 38.1 Å². The van der Waals surface area contributed by atoms with E-state index in [1.165, 1.54) is 18.5 Å². The number of rotatable bonds is 6. The molecule has 3 atom stereocenters. The molecule has 2 nitrogen and oxygen atoms in total. The van der Waals surface area contributed by atoms with Gasteiger partial charge in [-0.15, -0.1) is 11.6 Å². The molecule has 1 saturated heterocycles. The number of piperidine rings is 1. The summed E-state index contributed by atoms with van der Waals surface area (Å²) in [6, 6.07) is 11.5. The summed E-state index contributed by atoms with van der Waals surface area (Å²) in [6.45, 7) is 4.41. The van der Waals surface area contributed by atoms with Crippen LogP contribution in [0.2, 0.25) is 0 Å². The third kappa shape index (κ3) is 2.71. The lowest BCUT2D eigenvalue weighted by molar-refractivity contribution is 0.207. The van der Waals surface area contributed by atoms with Gasteiger partial charge in [-0.05, 0) is 23.8 Å². The summed E-state index contributed by atoms with van der Waals surface area (Å²) in [7, 11) is 0. The van der Waals surface area contributed by atoms with Crippen molar-refractivity contribution in [1.29, 1.82) is 0 Å². The number of halogens is 1. The Morgan fingerprint density at radius 2 is 2.11 bits per heavy atom. The van der Waals surface area contributed by atoms with Crippen molar-refractivity contribution >= 4 is 11.6 Å². The largest absolute Gasteiger partial charge is 0.314 e. The number of nitrogens with zero attached hydrogens (tertiary/aromatic N) is 1. The van der Waals surface area contributed by atoms with Crippen LogP contribution in [0.15, 0.2) is 30.3 Å². The maximum atomic E-state index is 5.72. The van der Waals surface area contributed by atoms with Crippen LogP contribution in [-0.2, 0) is 6.54 Å². The summed E-state index contributed by atoms with van der Waals surface area (Å²) < 4.78 is 0. The topological polar surface area (TPSA) is 15.3 Å². The zero-order valence-electron chi connectivity index (χ0n) is 10.7. The lowest BCUT2D eigenvalue weighted by Crippen LogP contribution is -2.40. The van der Waals surface area contributed by atoms with Gasteiger partial charge in [-0.2, -0.15) is 0 Å². The minimum atomic E-state index is 0.708. The molecule has 1 aliphatic heterocycles. The van der Waals surface area contributed by atoms with Gasteiger partial charge in [-0.3, -0.25) is 4.90 Å². The number of alkyl halides is 1. The normalized spacial score (nSPS) is 30.4. The Morgan fingerprint density at radius 1 is 1.28 bits per heavy atom. The summed E-state index contributed by atoms with van der Waals surface area (Å²) in [5.74, 6) is 2.62. The Kier molecular flexibility index (Phi) is 3.88. The Balaban J connectivity index is 1.57. The zero-order chi connectivity index (χ0) is 12.4. The molecule has 0 bridgehead atoms. The monoisotopic (exact) mass is 264 g/mol. The van der Waals surface area contributed by atoms with Gasteiger partial charge >= 0.3 is 0 Å². The average Bonchev–Trinajstić information content (AvgIpc) is 3.08. The molecule has 3 heteroatoms. The smallest absolute Gasteiger partial charge is 0.0348 e. The first-order valence-corrected chi connectivity index (χ1v) is 7.46. The van der Waals surface area contributed by atoms with E-state index in [1.807, 2.05) is 0 Å². The van der Waals surface area contributed by atoms with E-state index in [1.54, 1.807) is 0 Å². The van der Waals surface area contributed by atoms with Crippen LogP contribution in [0.1, 0.15) is 12.0 Å². The molecule has 0 radical (unpaired) electrons. The summed E-state index contributed by atoms with van der Waals surface area (Å²) >= 11 is 5.72. The lowest BCUT2D eigenvalue weighted by Gasteiger charge is -2.27. The zero-order valence-corrected chi connectivity index (χ0v) is 11.4. The third-order valence-electron chi connectivity index (χ3n) is 4.26. The highest BCUT2D eigenvalue weighted by atomic mass is 35.5. The van der Waals surface area contributed by atoms with Gasteiger partial charge in [-0.25, -0.2) is 0 Å². The van der Waals surface area contributed by atoms with E-state index < -0.39 is 0 Å². The van der Waals surface area contributed by atoms with Gasteiger partial charge in [0.2, 0.25) is 0 Å². The van der Waals surface area contributed by atoms with Crippen molar-refractivity contribution < 1.29 is 0 Å². The van der Waals surface area contributed by atoms with Crippen LogP contribution in [0.5, 0.6) is 0 Å². The highest BCUT2D eigenvalue weighted by molar-refractivity contribution is 6.18. The van der Waals surface area contributed by atoms with Gasteiger partial charge in [-0.1, -0.05) is 30.3 Å². The minimum absolute atomic E-state index is 0.708. The fourth-order valence-electron chi connectivity index (χ4n) is 3.26. The molecule has 0 spiro atoms. The predicted molar refractivity (Wildman–Crippen MR) is 75.8 cm³/mol. The molecule has 1 aliphatic carbocycles. The number of fused-ring (bicyclic) bond motifs is 1. The van der Waals surface area contributed by atoms with Crippen LogP contribution >= 0.6 is 11.6 Å². The summed E-state index contributed by atoms with van der Waals surface area (Å²) in [4.78, 5) is 2.65. The summed E-state index contributed by atoms with van der Waals surface area (Å²) in [5, 5.41) is 3.48. The first-order chi connectivity index (χ1) is 8.88. The molecule has 1 aromatic rings. The van der Waals surface area contributed by atoms with Gasteiger partial charge < -0.3 is 5.32 Å². The van der Waals surface area contributed by atoms with Gasteiger partial charge in [0.15, 0.2) is 0 Å². The van der Waals surface area contributed by atoms with E-state index in [4.69, 9.17) is 11.6 Å². The maximum Gasteiger partial charge on any atom is 0.0348 e. The Labute approximate surface area is 114 Å². The molecule has 98 valence electrons. The summed E-state index contributed by atoms with van der Waals surface area (Å²) in [6.07, 6.45) is 1.44. The highest BCUT2D eigenvalue weighted by Gasteiger charge is 2.51. The number of likely N-dealkylation sites (tertiary alicyclic amines) is 1. The Morgan fingerprint density at radius 3 is 2.89 bits per heavy atom. The van der Waals surface area contributed by atoms with Crippen LogP contribution in [0.25, 0.3) is 0 Å². The highest BCUT2D eigenvalue weighted by Crippen LogP contribution is 2.49. The number of hydrogen-bond donors (Lipinski definition) is 1. The van der Waals surface area contributed by atoms with E-state index in [0.717, 1.165) is 37.5 Å². The third-order valence-corrected chi connectivity index (χ3v) is 4.45. The number of benzene rings is 1. The van der Waals surface area contributed by atoms with Crippen LogP contribution in [0, 0.1) is 11.8 Å². The quantitative estimate of drug-likeness (QED) is 0.627. The average molecular weight is 265 g/mol. The molecular weight excluding hydrogens is 244 g/mol. The van der Waals surface area contributed by atoms with Crippen LogP contribution < -0.4 is 5.32 Å². The lowest BCUT2D eigenvalue weighted by atomic mass is 10.1. The minimum Gasteiger partial charge on any atom is -0.314 e. The number of nitrogens with one attached hydrogen (secondary N) is 1. The van der Waals surface area contributed by atoms with Crippen molar-refractivity contribution in [2.75, 3.05) is 25.5 Å². The van der Waals surface area contributed by atoms with Crippen LogP contribution in [0.4, 0.5) is 0 Å². The molecule has 2 unspecified atom stereocenters. The molecule has 2 aliphatic rings. The second-order valence-corrected chi connectivity index (χ2v) is 5.91. The van der Waals surface area contributed by atoms with Crippen molar-refractivity contribution in [3.63, 3.8) is 0 Å². The van der Waals surface area contributed by atoms with Gasteiger partial charge in [0.25, 0.3) is 0 Å². The van der Waals surface area contributed by atoms with Crippen molar-refractivity contribution in [3.8, 4) is 0 Å². The fraction of sp³-hybridized carbons (Fsp3) is 0.600. The molecule has 1 heterocycles. The first-order valence-electron chi connectivity index (χ1n) is 6.93. The Bertz CT molecular complexity index is 381. The Hall–Kier alpha value is -0.570. The predicted octanol–water partition coefficient (Wildman–Crippen LogP) is 2.34. The first kappa shape index (κ1) is 12.5. The molecule has 18 heavy (non-hydrogen) atoms. The fourth-order valence-corrected chi connectivity index (χ4v) is 3.39. The van der Waals surface area contributed by atoms with E-state index in [2.05, 4.69) is 40.5 Å². The van der Waals surface area contributed by atoms with Crippen LogP contribution in [0.3, 0.4) is 0 Å². The van der Waals surface area contributed by atoms with E-state index in [0.29, 0.717) is 5.88 Å². The summed E-state index contributed by atoms with van der Waals surface area (Å²) in [5.41, 5.74) is 1.43. The molecule has 1 aromatic carbocycles. The molecule has 3 rings (SSSR count). The molecule has 0 amide bonds. The second kappa shape index (κ2) is 5.60. The number of hydrogen-bond acceptors (Lipinski definition) is 2. The van der Waals surface area contributed by atoms with Crippen molar-refractivity contribution in [2.45, 2.75) is 19.0 Å². The van der Waals surface area contributed by atoms with Crippen LogP contribution in [-0.4, -0.2) is 36.5 Å². The molecule has 1 saturated carbocycles. The van der Waals surface area contributed by atoms with Crippen molar-refractivity contribution in [2.24, 2.45) is 11.8 Å². The second-order valence-electron chi connectivity index (χ2n) is 5.54.